The summed E-state index contributed by atoms with van der Waals surface area (Å²) >= 11 is 0. The maximum absolute atomic E-state index is 13.4. The van der Waals surface area contributed by atoms with Gasteiger partial charge in [-0.2, -0.15) is 0 Å². The fraction of sp³-hybridized carbons (Fsp3) is 0.300. The van der Waals surface area contributed by atoms with Gasteiger partial charge in [-0.25, -0.2) is 13.6 Å². The van der Waals surface area contributed by atoms with E-state index < -0.39 is 40.1 Å². The molecule has 0 aliphatic rings. The molecule has 0 spiro atoms. The van der Waals surface area contributed by atoms with E-state index in [-0.39, 0.29) is 0 Å². The summed E-state index contributed by atoms with van der Waals surface area (Å²) in [5.74, 6) is -4.03. The number of carbonyl (C=O) groups excluding carboxylic acids is 1. The van der Waals surface area contributed by atoms with Crippen LogP contribution in [-0.4, -0.2) is 24.1 Å². The second kappa shape index (κ2) is 5.39. The SMILES string of the molecule is COC(=O)C(C)Oc1c(F)cc(F)cc1[N+](=O)[O-]. The number of halogens is 2. The summed E-state index contributed by atoms with van der Waals surface area (Å²) < 4.78 is 35.3. The maximum atomic E-state index is 13.4. The molecule has 0 radical (unpaired) electrons. The number of ether oxygens (including phenoxy) is 2. The number of benzene rings is 1. The lowest BCUT2D eigenvalue weighted by Gasteiger charge is -2.12. The molecule has 98 valence electrons. The monoisotopic (exact) mass is 261 g/mol. The molecule has 1 atom stereocenters. The van der Waals surface area contributed by atoms with Gasteiger partial charge in [0, 0.05) is 6.07 Å². The van der Waals surface area contributed by atoms with Crippen molar-refractivity contribution in [1.82, 2.24) is 0 Å². The number of nitro groups is 1. The molecule has 0 saturated carbocycles. The van der Waals surface area contributed by atoms with Crippen LogP contribution < -0.4 is 4.74 Å². The van der Waals surface area contributed by atoms with Crippen molar-refractivity contribution in [3.63, 3.8) is 0 Å². The highest BCUT2D eigenvalue weighted by Crippen LogP contribution is 2.31. The summed E-state index contributed by atoms with van der Waals surface area (Å²) in [5.41, 5.74) is -0.900. The number of hydrogen-bond acceptors (Lipinski definition) is 5. The van der Waals surface area contributed by atoms with Gasteiger partial charge in [-0.05, 0) is 6.92 Å². The molecule has 0 heterocycles. The highest BCUT2D eigenvalue weighted by Gasteiger charge is 2.26. The van der Waals surface area contributed by atoms with Crippen molar-refractivity contribution in [1.29, 1.82) is 0 Å². The first-order valence-corrected chi connectivity index (χ1v) is 4.74. The molecule has 1 aromatic rings. The minimum Gasteiger partial charge on any atom is -0.470 e. The summed E-state index contributed by atoms with van der Waals surface area (Å²) in [7, 11) is 1.08. The van der Waals surface area contributed by atoms with E-state index in [9.17, 15) is 23.7 Å². The maximum Gasteiger partial charge on any atom is 0.346 e. The van der Waals surface area contributed by atoms with Gasteiger partial charge in [-0.3, -0.25) is 10.1 Å². The molecule has 0 aliphatic heterocycles. The Morgan fingerprint density at radius 1 is 1.44 bits per heavy atom. The Morgan fingerprint density at radius 3 is 2.56 bits per heavy atom. The normalized spacial score (nSPS) is 11.8. The molecule has 18 heavy (non-hydrogen) atoms. The first kappa shape index (κ1) is 13.8. The third-order valence-electron chi connectivity index (χ3n) is 2.01. The van der Waals surface area contributed by atoms with Crippen molar-refractivity contribution >= 4 is 11.7 Å². The first-order chi connectivity index (χ1) is 8.36. The minimum atomic E-state index is -1.27. The molecule has 0 amide bonds. The van der Waals surface area contributed by atoms with E-state index in [0.717, 1.165) is 7.11 Å². The number of nitrogens with zero attached hydrogens (tertiary/aromatic N) is 1. The third-order valence-corrected chi connectivity index (χ3v) is 2.01. The van der Waals surface area contributed by atoms with Crippen LogP contribution in [0.15, 0.2) is 12.1 Å². The van der Waals surface area contributed by atoms with Gasteiger partial charge in [0.2, 0.25) is 5.75 Å². The lowest BCUT2D eigenvalue weighted by atomic mass is 10.2. The molecule has 1 unspecified atom stereocenters. The Bertz CT molecular complexity index is 491. The van der Waals surface area contributed by atoms with E-state index in [4.69, 9.17) is 4.74 Å². The molecule has 0 bridgehead atoms. The zero-order chi connectivity index (χ0) is 13.9. The van der Waals surface area contributed by atoms with Crippen LogP contribution in [0.3, 0.4) is 0 Å². The molecule has 0 aliphatic carbocycles. The van der Waals surface area contributed by atoms with Crippen molar-refractivity contribution in [2.75, 3.05) is 7.11 Å². The average molecular weight is 261 g/mol. The Hall–Kier alpha value is -2.25. The van der Waals surface area contributed by atoms with Crippen LogP contribution in [0.4, 0.5) is 14.5 Å². The van der Waals surface area contributed by atoms with E-state index >= 15 is 0 Å². The molecule has 0 N–H and O–H groups in total. The highest BCUT2D eigenvalue weighted by atomic mass is 19.1. The minimum absolute atomic E-state index is 0.423. The highest BCUT2D eigenvalue weighted by molar-refractivity contribution is 5.74. The second-order valence-electron chi connectivity index (χ2n) is 3.28. The van der Waals surface area contributed by atoms with Crippen LogP contribution in [0.5, 0.6) is 5.75 Å². The van der Waals surface area contributed by atoms with Crippen molar-refractivity contribution in [3.8, 4) is 5.75 Å². The topological polar surface area (TPSA) is 78.7 Å². The number of carbonyl (C=O) groups is 1. The second-order valence-corrected chi connectivity index (χ2v) is 3.28. The van der Waals surface area contributed by atoms with Crippen molar-refractivity contribution in [2.24, 2.45) is 0 Å². The van der Waals surface area contributed by atoms with Gasteiger partial charge in [0.15, 0.2) is 11.9 Å². The fourth-order valence-corrected chi connectivity index (χ4v) is 1.19. The van der Waals surface area contributed by atoms with E-state index in [1.807, 2.05) is 0 Å². The summed E-state index contributed by atoms with van der Waals surface area (Å²) in [6, 6.07) is 0.925. The molecule has 0 saturated heterocycles. The summed E-state index contributed by atoms with van der Waals surface area (Å²) in [5, 5.41) is 10.6. The number of esters is 1. The molecule has 8 heteroatoms. The number of rotatable bonds is 4. The van der Waals surface area contributed by atoms with Crippen LogP contribution in [0.25, 0.3) is 0 Å². The Labute approximate surface area is 100 Å². The van der Waals surface area contributed by atoms with Crippen LogP contribution in [0.2, 0.25) is 0 Å². The fourth-order valence-electron chi connectivity index (χ4n) is 1.19. The molecular formula is C10H9F2NO5. The Kier molecular flexibility index (Phi) is 4.13. The quantitative estimate of drug-likeness (QED) is 0.469. The molecule has 0 aromatic heterocycles. The van der Waals surface area contributed by atoms with Crippen LogP contribution in [-0.2, 0) is 9.53 Å². The number of nitro benzene ring substituents is 1. The van der Waals surface area contributed by atoms with Crippen molar-refractivity contribution in [3.05, 3.63) is 33.9 Å². The molecule has 1 rings (SSSR count). The van der Waals surface area contributed by atoms with Crippen LogP contribution in [0.1, 0.15) is 6.92 Å². The van der Waals surface area contributed by atoms with Crippen molar-refractivity contribution in [2.45, 2.75) is 13.0 Å². The summed E-state index contributed by atoms with van der Waals surface area (Å²) in [4.78, 5) is 20.7. The predicted molar refractivity (Wildman–Crippen MR) is 55.1 cm³/mol. The van der Waals surface area contributed by atoms with E-state index in [2.05, 4.69) is 4.74 Å². The smallest absolute Gasteiger partial charge is 0.346 e. The van der Waals surface area contributed by atoms with Gasteiger partial charge in [-0.1, -0.05) is 0 Å². The van der Waals surface area contributed by atoms with Gasteiger partial charge >= 0.3 is 11.7 Å². The van der Waals surface area contributed by atoms with Crippen LogP contribution >= 0.6 is 0 Å². The van der Waals surface area contributed by atoms with Gasteiger partial charge in [0.05, 0.1) is 18.1 Å². The zero-order valence-electron chi connectivity index (χ0n) is 9.48. The van der Waals surface area contributed by atoms with Crippen molar-refractivity contribution < 1.29 is 28.0 Å². The predicted octanol–water partition coefficient (Wildman–Crippen LogP) is 1.81. The lowest BCUT2D eigenvalue weighted by Crippen LogP contribution is -2.25. The van der Waals surface area contributed by atoms with Gasteiger partial charge in [0.1, 0.15) is 5.82 Å². The largest absolute Gasteiger partial charge is 0.470 e. The zero-order valence-corrected chi connectivity index (χ0v) is 9.48. The third kappa shape index (κ3) is 2.90. The average Bonchev–Trinajstić information content (AvgIpc) is 2.30. The first-order valence-electron chi connectivity index (χ1n) is 4.74. The summed E-state index contributed by atoms with van der Waals surface area (Å²) in [6.07, 6.45) is -1.26. The molecular weight excluding hydrogens is 252 g/mol. The summed E-state index contributed by atoms with van der Waals surface area (Å²) in [6.45, 7) is 1.22. The standard InChI is InChI=1S/C10H9F2NO5/c1-5(10(14)17-2)18-9-7(12)3-6(11)4-8(9)13(15)16/h3-5H,1-2H3. The molecule has 1 aromatic carbocycles. The lowest BCUT2D eigenvalue weighted by molar-refractivity contribution is -0.386. The van der Waals surface area contributed by atoms with E-state index in [1.165, 1.54) is 6.92 Å². The Balaban J connectivity index is 3.15. The van der Waals surface area contributed by atoms with Crippen LogP contribution in [0, 0.1) is 21.7 Å². The molecule has 6 nitrogen and oxygen atoms in total. The number of methoxy groups -OCH3 is 1. The van der Waals surface area contributed by atoms with Gasteiger partial charge in [-0.15, -0.1) is 0 Å². The number of hydrogen-bond donors (Lipinski definition) is 0. The molecule has 0 fully saturated rings. The van der Waals surface area contributed by atoms with Gasteiger partial charge in [0.25, 0.3) is 0 Å². The van der Waals surface area contributed by atoms with E-state index in [0.29, 0.717) is 12.1 Å². The van der Waals surface area contributed by atoms with E-state index in [1.54, 1.807) is 0 Å². The van der Waals surface area contributed by atoms with Gasteiger partial charge < -0.3 is 9.47 Å². The Morgan fingerprint density at radius 2 is 2.06 bits per heavy atom.